The second kappa shape index (κ2) is 5.16. The van der Waals surface area contributed by atoms with Crippen molar-refractivity contribution in [1.29, 1.82) is 0 Å². The Morgan fingerprint density at radius 1 is 1.25 bits per heavy atom. The highest BCUT2D eigenvalue weighted by atomic mass is 32.2. The lowest BCUT2D eigenvalue weighted by Gasteiger charge is -2.22. The number of hydrogen-bond donors (Lipinski definition) is 2. The van der Waals surface area contributed by atoms with Gasteiger partial charge in [0.15, 0.2) is 0 Å². The summed E-state index contributed by atoms with van der Waals surface area (Å²) < 4.78 is 0. The molecule has 1 fully saturated rings. The van der Waals surface area contributed by atoms with Crippen LogP contribution in [0.25, 0.3) is 0 Å². The third-order valence-corrected chi connectivity index (χ3v) is 4.15. The molecule has 1 aromatic carbocycles. The van der Waals surface area contributed by atoms with E-state index in [4.69, 9.17) is 0 Å². The van der Waals surface area contributed by atoms with E-state index in [1.54, 1.807) is 0 Å². The third-order valence-electron chi connectivity index (χ3n) is 3.27. The van der Waals surface area contributed by atoms with Gasteiger partial charge in [-0.2, -0.15) is 0 Å². The molecule has 0 aliphatic carbocycles. The summed E-state index contributed by atoms with van der Waals surface area (Å²) >= 11 is 1.09. The van der Waals surface area contributed by atoms with Crippen molar-refractivity contribution < 1.29 is 14.4 Å². The van der Waals surface area contributed by atoms with Crippen LogP contribution >= 0.6 is 11.8 Å². The van der Waals surface area contributed by atoms with Crippen molar-refractivity contribution in [2.24, 2.45) is 0 Å². The van der Waals surface area contributed by atoms with Gasteiger partial charge in [0.2, 0.25) is 11.8 Å². The lowest BCUT2D eigenvalue weighted by molar-refractivity contribution is -0.136. The van der Waals surface area contributed by atoms with Crippen molar-refractivity contribution in [3.63, 3.8) is 0 Å². The van der Waals surface area contributed by atoms with Gasteiger partial charge in [0.1, 0.15) is 12.6 Å². The van der Waals surface area contributed by atoms with E-state index in [9.17, 15) is 14.4 Å². The summed E-state index contributed by atoms with van der Waals surface area (Å²) in [6.45, 7) is 0.370. The number of carbonyl (C=O) groups is 3. The molecule has 1 unspecified atom stereocenters. The number of amides is 3. The summed E-state index contributed by atoms with van der Waals surface area (Å²) in [5.41, 5.74) is 1.63. The Balaban J connectivity index is 1.82. The van der Waals surface area contributed by atoms with E-state index in [1.165, 1.54) is 4.90 Å². The molecule has 1 saturated heterocycles. The fourth-order valence-corrected chi connectivity index (χ4v) is 3.07. The van der Waals surface area contributed by atoms with Crippen molar-refractivity contribution >= 4 is 34.5 Å². The number of fused-ring (bicyclic) bond motifs is 1. The van der Waals surface area contributed by atoms with Gasteiger partial charge < -0.3 is 15.5 Å². The van der Waals surface area contributed by atoms with E-state index in [-0.39, 0.29) is 23.6 Å². The molecular weight excluding hydrogens is 278 g/mol. The third kappa shape index (κ3) is 2.49. The van der Waals surface area contributed by atoms with Crippen molar-refractivity contribution in [2.75, 3.05) is 17.6 Å². The second-order valence-electron chi connectivity index (χ2n) is 4.70. The summed E-state index contributed by atoms with van der Waals surface area (Å²) in [5.74, 6) is -0.0206. The fraction of sp³-hybridized carbons (Fsp3) is 0.308. The van der Waals surface area contributed by atoms with Gasteiger partial charge in [-0.3, -0.25) is 14.4 Å². The minimum atomic E-state index is -0.537. The van der Waals surface area contributed by atoms with Gasteiger partial charge in [0.05, 0.1) is 0 Å². The normalized spacial score (nSPS) is 21.8. The molecule has 2 aliphatic rings. The zero-order valence-electron chi connectivity index (χ0n) is 10.6. The van der Waals surface area contributed by atoms with Crippen molar-refractivity contribution in [2.45, 2.75) is 12.6 Å². The van der Waals surface area contributed by atoms with E-state index in [0.29, 0.717) is 12.3 Å². The zero-order valence-corrected chi connectivity index (χ0v) is 11.4. The quantitative estimate of drug-likeness (QED) is 0.802. The van der Waals surface area contributed by atoms with Crippen LogP contribution in [0, 0.1) is 0 Å². The van der Waals surface area contributed by atoms with E-state index in [2.05, 4.69) is 10.6 Å². The molecule has 104 valence electrons. The molecule has 0 bridgehead atoms. The number of nitrogens with one attached hydrogen (secondary N) is 2. The van der Waals surface area contributed by atoms with Gasteiger partial charge >= 0.3 is 0 Å². The van der Waals surface area contributed by atoms with E-state index >= 15 is 0 Å². The summed E-state index contributed by atoms with van der Waals surface area (Å²) in [5, 5.41) is 5.20. The second-order valence-corrected chi connectivity index (χ2v) is 5.69. The number of hydrogen-bond acceptors (Lipinski definition) is 4. The monoisotopic (exact) mass is 291 g/mol. The fourth-order valence-electron chi connectivity index (χ4n) is 2.30. The minimum absolute atomic E-state index is 0.00451. The van der Waals surface area contributed by atoms with Crippen LogP contribution in [0.2, 0.25) is 0 Å². The minimum Gasteiger partial charge on any atom is -0.334 e. The van der Waals surface area contributed by atoms with Crippen molar-refractivity contribution in [3.8, 4) is 0 Å². The van der Waals surface area contributed by atoms with Crippen LogP contribution in [0.1, 0.15) is 5.56 Å². The van der Waals surface area contributed by atoms with Crippen LogP contribution in [0.4, 0.5) is 10.5 Å². The van der Waals surface area contributed by atoms with Crippen LogP contribution < -0.4 is 10.6 Å². The Kier molecular flexibility index (Phi) is 3.35. The van der Waals surface area contributed by atoms with Crippen LogP contribution in [0.15, 0.2) is 24.3 Å². The summed E-state index contributed by atoms with van der Waals surface area (Å²) in [7, 11) is 0. The van der Waals surface area contributed by atoms with Crippen LogP contribution in [-0.2, 0) is 16.1 Å². The molecule has 3 amide bonds. The van der Waals surface area contributed by atoms with Crippen molar-refractivity contribution in [1.82, 2.24) is 10.2 Å². The van der Waals surface area contributed by atoms with E-state index < -0.39 is 6.04 Å². The SMILES string of the molecule is O=C1CN(C(=O)C2CSC(=O)N2)Cc2ccccc2N1. The molecule has 1 atom stereocenters. The molecular formula is C13H13N3O3S. The van der Waals surface area contributed by atoms with Gasteiger partial charge in [-0.1, -0.05) is 30.0 Å². The Bertz CT molecular complexity index is 590. The number of anilines is 1. The molecule has 20 heavy (non-hydrogen) atoms. The number of benzene rings is 1. The van der Waals surface area contributed by atoms with Crippen molar-refractivity contribution in [3.05, 3.63) is 29.8 Å². The average molecular weight is 291 g/mol. The highest BCUT2D eigenvalue weighted by Gasteiger charge is 2.33. The lowest BCUT2D eigenvalue weighted by Crippen LogP contribution is -2.46. The first-order chi connectivity index (χ1) is 9.63. The smallest absolute Gasteiger partial charge is 0.279 e. The van der Waals surface area contributed by atoms with E-state index in [0.717, 1.165) is 23.0 Å². The highest BCUT2D eigenvalue weighted by molar-refractivity contribution is 8.14. The molecule has 1 aromatic rings. The first-order valence-electron chi connectivity index (χ1n) is 6.23. The molecule has 0 aromatic heterocycles. The van der Waals surface area contributed by atoms with E-state index in [1.807, 2.05) is 24.3 Å². The standard InChI is InChI=1S/C13H13N3O3S/c17-11-6-16(12(18)10-7-20-13(19)15-10)5-8-3-1-2-4-9(8)14-11/h1-4,10H,5-7H2,(H,14,17)(H,15,19). The van der Waals surface area contributed by atoms with Crippen LogP contribution in [0.3, 0.4) is 0 Å². The molecule has 0 saturated carbocycles. The number of rotatable bonds is 1. The predicted octanol–water partition coefficient (Wildman–Crippen LogP) is 0.792. The average Bonchev–Trinajstić information content (AvgIpc) is 2.77. The zero-order chi connectivity index (χ0) is 14.1. The van der Waals surface area contributed by atoms with Gasteiger partial charge in [-0.15, -0.1) is 0 Å². The number of carbonyl (C=O) groups excluding carboxylic acids is 3. The van der Waals surface area contributed by atoms with Gasteiger partial charge in [-0.05, 0) is 11.6 Å². The summed E-state index contributed by atoms with van der Waals surface area (Å²) in [6.07, 6.45) is 0. The molecule has 2 N–H and O–H groups in total. The predicted molar refractivity (Wildman–Crippen MR) is 75.3 cm³/mol. The number of para-hydroxylation sites is 1. The Labute approximate surface area is 119 Å². The first kappa shape index (κ1) is 13.0. The number of thioether (sulfide) groups is 1. The van der Waals surface area contributed by atoms with Gasteiger partial charge in [0.25, 0.3) is 5.24 Å². The molecule has 7 heteroatoms. The lowest BCUT2D eigenvalue weighted by atomic mass is 10.1. The highest BCUT2D eigenvalue weighted by Crippen LogP contribution is 2.22. The first-order valence-corrected chi connectivity index (χ1v) is 7.22. The largest absolute Gasteiger partial charge is 0.334 e. The Morgan fingerprint density at radius 2 is 2.05 bits per heavy atom. The van der Waals surface area contributed by atoms with Gasteiger partial charge in [-0.25, -0.2) is 0 Å². The topological polar surface area (TPSA) is 78.5 Å². The van der Waals surface area contributed by atoms with Gasteiger partial charge in [0, 0.05) is 18.0 Å². The number of nitrogens with zero attached hydrogens (tertiary/aromatic N) is 1. The summed E-state index contributed by atoms with van der Waals surface area (Å²) in [6, 6.07) is 6.86. The Hall–Kier alpha value is -2.02. The maximum atomic E-state index is 12.4. The molecule has 0 radical (unpaired) electrons. The Morgan fingerprint density at radius 3 is 2.80 bits per heavy atom. The molecule has 3 rings (SSSR count). The molecule has 2 aliphatic heterocycles. The maximum Gasteiger partial charge on any atom is 0.279 e. The maximum absolute atomic E-state index is 12.4. The molecule has 6 nitrogen and oxygen atoms in total. The van der Waals surface area contributed by atoms with Crippen LogP contribution in [-0.4, -0.2) is 40.3 Å². The molecule has 0 spiro atoms. The molecule has 2 heterocycles. The van der Waals surface area contributed by atoms with Crippen LogP contribution in [0.5, 0.6) is 0 Å². The summed E-state index contributed by atoms with van der Waals surface area (Å²) in [4.78, 5) is 36.9.